The summed E-state index contributed by atoms with van der Waals surface area (Å²) in [6, 6.07) is 3.57. The minimum atomic E-state index is -0.571. The summed E-state index contributed by atoms with van der Waals surface area (Å²) in [5.74, 6) is -0.702. The number of likely N-dealkylation sites (tertiary alicyclic amines) is 1. The van der Waals surface area contributed by atoms with Crippen molar-refractivity contribution in [1.29, 1.82) is 0 Å². The number of halogens is 1. The molecule has 1 amide bonds. The summed E-state index contributed by atoms with van der Waals surface area (Å²) >= 11 is 0. The van der Waals surface area contributed by atoms with Crippen LogP contribution in [0.4, 0.5) is 21.0 Å². The van der Waals surface area contributed by atoms with Gasteiger partial charge < -0.3 is 25.4 Å². The number of anilines is 2. The van der Waals surface area contributed by atoms with Crippen LogP contribution in [0.15, 0.2) is 24.4 Å². The summed E-state index contributed by atoms with van der Waals surface area (Å²) in [4.78, 5) is 34.1. The Bertz CT molecular complexity index is 908. The predicted molar refractivity (Wildman–Crippen MR) is 98.8 cm³/mol. The van der Waals surface area contributed by atoms with Gasteiger partial charge >= 0.3 is 6.09 Å². The number of ketones is 1. The fourth-order valence-corrected chi connectivity index (χ4v) is 3.00. The predicted octanol–water partition coefficient (Wildman–Crippen LogP) is 1.69. The lowest BCUT2D eigenvalue weighted by Crippen LogP contribution is -2.31. The highest BCUT2D eigenvalue weighted by Crippen LogP contribution is 2.25. The molecule has 1 unspecified atom stereocenters. The van der Waals surface area contributed by atoms with E-state index in [-0.39, 0.29) is 34.7 Å². The summed E-state index contributed by atoms with van der Waals surface area (Å²) < 4.78 is 23.4. The van der Waals surface area contributed by atoms with Crippen molar-refractivity contribution < 1.29 is 23.5 Å². The zero-order valence-corrected chi connectivity index (χ0v) is 15.4. The van der Waals surface area contributed by atoms with Crippen LogP contribution in [0.3, 0.4) is 0 Å². The van der Waals surface area contributed by atoms with Crippen LogP contribution < -0.4 is 15.8 Å². The third kappa shape index (κ3) is 3.95. The number of methoxy groups -OCH3 is 2. The van der Waals surface area contributed by atoms with E-state index < -0.39 is 17.7 Å². The summed E-state index contributed by atoms with van der Waals surface area (Å²) in [6.45, 7) is 0.993. The number of carbonyl (C=O) groups is 2. The number of hydrogen-bond acceptors (Lipinski definition) is 8. The van der Waals surface area contributed by atoms with E-state index in [1.165, 1.54) is 32.5 Å². The molecule has 0 radical (unpaired) electrons. The van der Waals surface area contributed by atoms with Gasteiger partial charge in [0.25, 0.3) is 0 Å². The van der Waals surface area contributed by atoms with Gasteiger partial charge in [-0.1, -0.05) is 0 Å². The van der Waals surface area contributed by atoms with Crippen LogP contribution in [0.5, 0.6) is 5.75 Å². The molecule has 10 heteroatoms. The van der Waals surface area contributed by atoms with E-state index in [2.05, 4.69) is 15.3 Å². The zero-order valence-electron chi connectivity index (χ0n) is 15.4. The second kappa shape index (κ2) is 8.07. The van der Waals surface area contributed by atoms with Crippen molar-refractivity contribution >= 4 is 23.6 Å². The summed E-state index contributed by atoms with van der Waals surface area (Å²) in [6.07, 6.45) is 1.58. The van der Waals surface area contributed by atoms with Crippen LogP contribution in [0.2, 0.25) is 0 Å². The maximum atomic E-state index is 13.5. The normalized spacial score (nSPS) is 16.0. The Labute approximate surface area is 160 Å². The zero-order chi connectivity index (χ0) is 20.3. The van der Waals surface area contributed by atoms with Gasteiger partial charge in [-0.15, -0.1) is 0 Å². The van der Waals surface area contributed by atoms with Crippen LogP contribution >= 0.6 is 0 Å². The van der Waals surface area contributed by atoms with Crippen LogP contribution in [-0.4, -0.2) is 60.1 Å². The van der Waals surface area contributed by atoms with Crippen molar-refractivity contribution in [3.05, 3.63) is 41.3 Å². The Morgan fingerprint density at radius 2 is 2.11 bits per heavy atom. The molecule has 1 aromatic carbocycles. The van der Waals surface area contributed by atoms with E-state index in [4.69, 9.17) is 15.2 Å². The molecule has 28 heavy (non-hydrogen) atoms. The van der Waals surface area contributed by atoms with Gasteiger partial charge in [-0.2, -0.15) is 4.98 Å². The highest BCUT2D eigenvalue weighted by molar-refractivity contribution is 6.13. The first-order chi connectivity index (χ1) is 13.4. The molecule has 1 saturated heterocycles. The van der Waals surface area contributed by atoms with Crippen LogP contribution in [-0.2, 0) is 4.74 Å². The first-order valence-electron chi connectivity index (χ1n) is 8.53. The van der Waals surface area contributed by atoms with Crippen molar-refractivity contribution in [1.82, 2.24) is 14.9 Å². The number of nitrogens with one attached hydrogen (secondary N) is 1. The highest BCUT2D eigenvalue weighted by atomic mass is 19.1. The molecule has 0 saturated carbocycles. The Morgan fingerprint density at radius 1 is 1.32 bits per heavy atom. The molecule has 1 atom stereocenters. The topological polar surface area (TPSA) is 120 Å². The maximum absolute atomic E-state index is 13.5. The number of benzene rings is 1. The fraction of sp³-hybridized carbons (Fsp3) is 0.333. The quantitative estimate of drug-likeness (QED) is 0.742. The van der Waals surface area contributed by atoms with Gasteiger partial charge in [0.05, 0.1) is 25.3 Å². The molecule has 1 aliphatic rings. The number of carbonyl (C=O) groups excluding carboxylic acids is 2. The lowest BCUT2D eigenvalue weighted by molar-refractivity contribution is 0.103. The van der Waals surface area contributed by atoms with Crippen LogP contribution in [0.25, 0.3) is 0 Å². The molecular formula is C18H20FN5O4. The maximum Gasteiger partial charge on any atom is 0.409 e. The van der Waals surface area contributed by atoms with Crippen molar-refractivity contribution in [2.45, 2.75) is 12.5 Å². The molecular weight excluding hydrogens is 369 g/mol. The number of ether oxygens (including phenoxy) is 2. The molecule has 3 rings (SSSR count). The Balaban J connectivity index is 1.75. The third-order valence-corrected chi connectivity index (χ3v) is 4.42. The molecule has 1 aliphatic heterocycles. The molecule has 1 aromatic heterocycles. The number of nitrogens with zero attached hydrogens (tertiary/aromatic N) is 3. The molecule has 2 heterocycles. The van der Waals surface area contributed by atoms with E-state index in [0.29, 0.717) is 19.5 Å². The lowest BCUT2D eigenvalue weighted by Gasteiger charge is -2.16. The van der Waals surface area contributed by atoms with Gasteiger partial charge in [0.15, 0.2) is 0 Å². The van der Waals surface area contributed by atoms with Crippen LogP contribution in [0, 0.1) is 5.82 Å². The van der Waals surface area contributed by atoms with Gasteiger partial charge in [-0.3, -0.25) is 4.79 Å². The van der Waals surface area contributed by atoms with Crippen molar-refractivity contribution in [2.24, 2.45) is 0 Å². The molecule has 2 aromatic rings. The number of amides is 1. The van der Waals surface area contributed by atoms with E-state index >= 15 is 0 Å². The second-order valence-electron chi connectivity index (χ2n) is 6.21. The molecule has 1 fully saturated rings. The summed E-state index contributed by atoms with van der Waals surface area (Å²) in [7, 11) is 2.71. The first kappa shape index (κ1) is 19.3. The first-order valence-corrected chi connectivity index (χ1v) is 8.53. The number of nitrogen functional groups attached to an aromatic ring is 1. The Hall–Kier alpha value is -3.43. The number of nitrogens with two attached hydrogens (primary N) is 1. The van der Waals surface area contributed by atoms with Crippen molar-refractivity contribution in [3.63, 3.8) is 0 Å². The number of aromatic nitrogens is 2. The minimum absolute atomic E-state index is 0.0306. The van der Waals surface area contributed by atoms with Gasteiger partial charge in [0.1, 0.15) is 17.4 Å². The van der Waals surface area contributed by atoms with Crippen molar-refractivity contribution in [3.8, 4) is 5.75 Å². The van der Waals surface area contributed by atoms with E-state index in [1.807, 2.05) is 0 Å². The van der Waals surface area contributed by atoms with E-state index in [1.54, 1.807) is 4.90 Å². The summed E-state index contributed by atoms with van der Waals surface area (Å²) in [5.41, 5.74) is 6.00. The van der Waals surface area contributed by atoms with Crippen molar-refractivity contribution in [2.75, 3.05) is 38.4 Å². The standard InChI is InChI=1S/C18H20FN5O4/c1-27-14-4-3-10(19)7-12(14)15(25)13-8-21-17(23-16(13)20)22-11-5-6-24(9-11)18(26)28-2/h3-4,7-8,11H,5-6,9H2,1-2H3,(H3,20,21,22,23). The second-order valence-corrected chi connectivity index (χ2v) is 6.21. The number of rotatable bonds is 5. The molecule has 148 valence electrons. The SMILES string of the molecule is COC(=O)N1CCC(Nc2ncc(C(=O)c3cc(F)ccc3OC)c(N)n2)C1. The monoisotopic (exact) mass is 389 g/mol. The smallest absolute Gasteiger partial charge is 0.409 e. The largest absolute Gasteiger partial charge is 0.496 e. The molecule has 0 bridgehead atoms. The van der Waals surface area contributed by atoms with Crippen LogP contribution in [0.1, 0.15) is 22.3 Å². The molecule has 9 nitrogen and oxygen atoms in total. The Kier molecular flexibility index (Phi) is 5.57. The Morgan fingerprint density at radius 3 is 2.79 bits per heavy atom. The van der Waals surface area contributed by atoms with Gasteiger partial charge in [0, 0.05) is 25.3 Å². The molecule has 0 spiro atoms. The summed E-state index contributed by atoms with van der Waals surface area (Å²) in [5, 5.41) is 3.08. The highest BCUT2D eigenvalue weighted by Gasteiger charge is 2.27. The minimum Gasteiger partial charge on any atom is -0.496 e. The number of hydrogen-bond donors (Lipinski definition) is 2. The van der Waals surface area contributed by atoms with E-state index in [0.717, 1.165) is 6.07 Å². The average Bonchev–Trinajstić information content (AvgIpc) is 3.15. The van der Waals surface area contributed by atoms with Gasteiger partial charge in [0.2, 0.25) is 11.7 Å². The van der Waals surface area contributed by atoms with Gasteiger partial charge in [-0.05, 0) is 24.6 Å². The average molecular weight is 389 g/mol. The van der Waals surface area contributed by atoms with E-state index in [9.17, 15) is 14.0 Å². The van der Waals surface area contributed by atoms with Gasteiger partial charge in [-0.25, -0.2) is 14.2 Å². The molecule has 0 aliphatic carbocycles. The molecule has 3 N–H and O–H groups in total. The fourth-order valence-electron chi connectivity index (χ4n) is 3.00. The third-order valence-electron chi connectivity index (χ3n) is 4.42. The lowest BCUT2D eigenvalue weighted by atomic mass is 10.0.